The molecule has 0 aliphatic carbocycles. The number of rotatable bonds is 3. The minimum atomic E-state index is -1.19. The second-order valence-electron chi connectivity index (χ2n) is 3.84. The smallest absolute Gasteiger partial charge is 0.341 e. The normalized spacial score (nSPS) is 10.2. The van der Waals surface area contributed by atoms with Crippen LogP contribution in [0.3, 0.4) is 0 Å². The van der Waals surface area contributed by atoms with Gasteiger partial charge in [0.25, 0.3) is 0 Å². The third kappa shape index (κ3) is 2.57. The zero-order valence-electron chi connectivity index (χ0n) is 10.3. The number of nitrogens with zero attached hydrogens (tertiary/aromatic N) is 4. The van der Waals surface area contributed by atoms with Crippen LogP contribution in [0.15, 0.2) is 18.3 Å². The Morgan fingerprint density at radius 3 is 2.58 bits per heavy atom. The molecule has 19 heavy (non-hydrogen) atoms. The van der Waals surface area contributed by atoms with Crippen LogP contribution in [-0.2, 0) is 4.79 Å². The van der Waals surface area contributed by atoms with Gasteiger partial charge in [-0.3, -0.25) is 4.79 Å². The summed E-state index contributed by atoms with van der Waals surface area (Å²) in [7, 11) is 0. The molecule has 0 aliphatic heterocycles. The first-order valence-electron chi connectivity index (χ1n) is 5.38. The third-order valence-electron chi connectivity index (χ3n) is 2.29. The summed E-state index contributed by atoms with van der Waals surface area (Å²) in [4.78, 5) is 22.2. The highest BCUT2D eigenvalue weighted by Crippen LogP contribution is 2.18. The van der Waals surface area contributed by atoms with E-state index >= 15 is 0 Å². The maximum absolute atomic E-state index is 11.1. The van der Waals surface area contributed by atoms with Gasteiger partial charge in [0.1, 0.15) is 5.56 Å². The molecule has 8 nitrogen and oxygen atoms in total. The van der Waals surface area contributed by atoms with Gasteiger partial charge in [0.15, 0.2) is 11.6 Å². The average Bonchev–Trinajstić information content (AvgIpc) is 2.73. The van der Waals surface area contributed by atoms with Crippen molar-refractivity contribution in [3.05, 3.63) is 29.6 Å². The number of carboxylic acids is 1. The molecule has 2 aromatic rings. The van der Waals surface area contributed by atoms with E-state index in [-0.39, 0.29) is 11.4 Å². The largest absolute Gasteiger partial charge is 0.477 e. The molecule has 2 heterocycles. The van der Waals surface area contributed by atoms with E-state index in [9.17, 15) is 9.59 Å². The summed E-state index contributed by atoms with van der Waals surface area (Å²) in [6, 6.07) is 3.34. The number of aromatic nitrogens is 4. The number of hydrogen-bond donors (Lipinski definition) is 2. The van der Waals surface area contributed by atoms with Gasteiger partial charge in [-0.25, -0.2) is 4.79 Å². The van der Waals surface area contributed by atoms with Gasteiger partial charge < -0.3 is 10.4 Å². The van der Waals surface area contributed by atoms with Crippen LogP contribution in [0.5, 0.6) is 0 Å². The molecular weight excluding hydrogens is 250 g/mol. The van der Waals surface area contributed by atoms with Crippen molar-refractivity contribution >= 4 is 17.7 Å². The molecule has 0 saturated heterocycles. The van der Waals surface area contributed by atoms with Crippen LogP contribution in [0.1, 0.15) is 23.0 Å². The lowest BCUT2D eigenvalue weighted by Crippen LogP contribution is -2.14. The van der Waals surface area contributed by atoms with Gasteiger partial charge in [-0.2, -0.15) is 14.9 Å². The molecule has 0 radical (unpaired) electrons. The van der Waals surface area contributed by atoms with E-state index in [2.05, 4.69) is 20.6 Å². The zero-order chi connectivity index (χ0) is 14.0. The molecule has 0 fully saturated rings. The van der Waals surface area contributed by atoms with Crippen molar-refractivity contribution in [2.45, 2.75) is 13.8 Å². The molecule has 2 rings (SSSR count). The Balaban J connectivity index is 2.53. The van der Waals surface area contributed by atoms with Gasteiger partial charge in [-0.1, -0.05) is 0 Å². The number of aromatic carboxylic acids is 1. The standard InChI is InChI=1S/C11H11N5O3/c1-6-3-4-9(15-14-6)16-10(13-7(2)17)8(5-12-16)11(18)19/h3-5H,1-2H3,(H,13,17)(H,18,19). The second-order valence-corrected chi connectivity index (χ2v) is 3.84. The van der Waals surface area contributed by atoms with Gasteiger partial charge >= 0.3 is 5.97 Å². The molecule has 0 aliphatic rings. The van der Waals surface area contributed by atoms with Crippen molar-refractivity contribution in [3.63, 3.8) is 0 Å². The first kappa shape index (κ1) is 12.7. The van der Waals surface area contributed by atoms with Crippen molar-refractivity contribution in [3.8, 4) is 5.82 Å². The second kappa shape index (κ2) is 4.84. The molecule has 0 bridgehead atoms. The fourth-order valence-electron chi connectivity index (χ4n) is 1.47. The maximum atomic E-state index is 11.1. The van der Waals surface area contributed by atoms with Gasteiger partial charge in [0, 0.05) is 6.92 Å². The zero-order valence-corrected chi connectivity index (χ0v) is 10.3. The fraction of sp³-hybridized carbons (Fsp3) is 0.182. The quantitative estimate of drug-likeness (QED) is 0.838. The highest BCUT2D eigenvalue weighted by molar-refractivity contribution is 5.98. The molecule has 1 amide bonds. The summed E-state index contributed by atoms with van der Waals surface area (Å²) >= 11 is 0. The Hall–Kier alpha value is -2.77. The first-order valence-corrected chi connectivity index (χ1v) is 5.38. The van der Waals surface area contributed by atoms with E-state index in [1.165, 1.54) is 11.6 Å². The Bertz CT molecular complexity index is 632. The molecule has 8 heteroatoms. The molecule has 2 N–H and O–H groups in total. The van der Waals surface area contributed by atoms with Crippen molar-refractivity contribution in [1.82, 2.24) is 20.0 Å². The van der Waals surface area contributed by atoms with Gasteiger partial charge in [-0.15, -0.1) is 5.10 Å². The first-order chi connectivity index (χ1) is 8.99. The predicted molar refractivity (Wildman–Crippen MR) is 65.2 cm³/mol. The number of carbonyl (C=O) groups excluding carboxylic acids is 1. The summed E-state index contributed by atoms with van der Waals surface area (Å²) in [5.41, 5.74) is 0.605. The lowest BCUT2D eigenvalue weighted by atomic mass is 10.3. The molecule has 0 spiro atoms. The number of hydrogen-bond acceptors (Lipinski definition) is 5. The summed E-state index contributed by atoms with van der Waals surface area (Å²) in [6.07, 6.45) is 1.15. The summed E-state index contributed by atoms with van der Waals surface area (Å²) < 4.78 is 1.22. The van der Waals surface area contributed by atoms with Gasteiger partial charge in [-0.05, 0) is 19.1 Å². The lowest BCUT2D eigenvalue weighted by Gasteiger charge is -2.07. The van der Waals surface area contributed by atoms with E-state index < -0.39 is 11.9 Å². The molecular formula is C11H11N5O3. The van der Waals surface area contributed by atoms with Crippen molar-refractivity contribution in [2.24, 2.45) is 0 Å². The van der Waals surface area contributed by atoms with Crippen molar-refractivity contribution < 1.29 is 14.7 Å². The molecule has 2 aromatic heterocycles. The van der Waals surface area contributed by atoms with E-state index in [0.29, 0.717) is 5.82 Å². The fourth-order valence-corrected chi connectivity index (χ4v) is 1.47. The van der Waals surface area contributed by atoms with Crippen LogP contribution in [0.2, 0.25) is 0 Å². The van der Waals surface area contributed by atoms with E-state index in [0.717, 1.165) is 11.9 Å². The number of nitrogens with one attached hydrogen (secondary N) is 1. The minimum absolute atomic E-state index is 0.0538. The number of aryl methyl sites for hydroxylation is 1. The van der Waals surface area contributed by atoms with Crippen LogP contribution >= 0.6 is 0 Å². The van der Waals surface area contributed by atoms with Crippen LogP contribution in [-0.4, -0.2) is 37.0 Å². The monoisotopic (exact) mass is 261 g/mol. The topological polar surface area (TPSA) is 110 Å². The van der Waals surface area contributed by atoms with Gasteiger partial charge in [0.05, 0.1) is 11.9 Å². The van der Waals surface area contributed by atoms with Crippen molar-refractivity contribution in [1.29, 1.82) is 0 Å². The van der Waals surface area contributed by atoms with E-state index in [4.69, 9.17) is 5.11 Å². The lowest BCUT2D eigenvalue weighted by molar-refractivity contribution is -0.114. The van der Waals surface area contributed by atoms with Crippen LogP contribution in [0.25, 0.3) is 5.82 Å². The molecule has 98 valence electrons. The molecule has 0 saturated carbocycles. The van der Waals surface area contributed by atoms with Gasteiger partial charge in [0.2, 0.25) is 5.91 Å². The van der Waals surface area contributed by atoms with E-state index in [1.54, 1.807) is 19.1 Å². The number of amides is 1. The minimum Gasteiger partial charge on any atom is -0.477 e. The van der Waals surface area contributed by atoms with Crippen molar-refractivity contribution in [2.75, 3.05) is 5.32 Å². The van der Waals surface area contributed by atoms with Crippen LogP contribution in [0, 0.1) is 6.92 Å². The Morgan fingerprint density at radius 2 is 2.05 bits per heavy atom. The number of carbonyl (C=O) groups is 2. The number of anilines is 1. The van der Waals surface area contributed by atoms with E-state index in [1.807, 2.05) is 0 Å². The summed E-state index contributed by atoms with van der Waals surface area (Å²) in [5, 5.41) is 23.1. The summed E-state index contributed by atoms with van der Waals surface area (Å²) in [5.74, 6) is -1.21. The molecule has 0 atom stereocenters. The Morgan fingerprint density at radius 1 is 1.32 bits per heavy atom. The highest BCUT2D eigenvalue weighted by atomic mass is 16.4. The Labute approximate surface area is 108 Å². The SMILES string of the molecule is CC(=O)Nc1c(C(=O)O)cnn1-c1ccc(C)nn1. The molecule has 0 aromatic carbocycles. The molecule has 0 unspecified atom stereocenters. The number of carboxylic acid groups (broad SMARTS) is 1. The third-order valence-corrected chi connectivity index (χ3v) is 2.29. The van der Waals surface area contributed by atoms with Crippen LogP contribution in [0.4, 0.5) is 5.82 Å². The highest BCUT2D eigenvalue weighted by Gasteiger charge is 2.19. The Kier molecular flexibility index (Phi) is 3.23. The predicted octanol–water partition coefficient (Wildman–Crippen LogP) is 0.627. The average molecular weight is 261 g/mol. The van der Waals surface area contributed by atoms with Crippen LogP contribution < -0.4 is 5.32 Å². The maximum Gasteiger partial charge on any atom is 0.341 e. The summed E-state index contributed by atoms with van der Waals surface area (Å²) in [6.45, 7) is 3.06.